The second kappa shape index (κ2) is 32.4. The quantitative estimate of drug-likeness (QED) is 0.0274. The van der Waals surface area contributed by atoms with Crippen LogP contribution in [0.4, 0.5) is 0 Å². The van der Waals surface area contributed by atoms with Gasteiger partial charge in [0.1, 0.15) is 34.5 Å². The summed E-state index contributed by atoms with van der Waals surface area (Å²) in [6.07, 6.45) is 19.8. The Morgan fingerprint density at radius 2 is 0.596 bits per heavy atom. The average Bonchev–Trinajstić information content (AvgIpc) is 0.750. The molecule has 14 aromatic rings. The molecule has 0 atom stereocenters. The molecule has 0 spiro atoms. The second-order valence-electron chi connectivity index (χ2n) is 25.3. The van der Waals surface area contributed by atoms with Crippen LogP contribution in [0.15, 0.2) is 317 Å². The van der Waals surface area contributed by atoms with E-state index in [0.29, 0.717) is 28.6 Å². The first-order valence-electron chi connectivity index (χ1n) is 34.9. The minimum atomic E-state index is -0.637. The monoisotopic (exact) mass is 1420 g/mol. The van der Waals surface area contributed by atoms with E-state index in [2.05, 4.69) is 159 Å². The molecule has 0 saturated carbocycles. The van der Waals surface area contributed by atoms with Gasteiger partial charge in [-0.05, 0) is 219 Å². The highest BCUT2D eigenvalue weighted by Crippen LogP contribution is 2.45. The number of hydrogen-bond acceptors (Lipinski definition) is 12. The molecule has 0 aliphatic rings. The topological polar surface area (TPSA) is 158 Å². The lowest BCUT2D eigenvalue weighted by Gasteiger charge is -2.18. The van der Waals surface area contributed by atoms with Crippen LogP contribution in [0, 0.1) is 0 Å². The normalized spacial score (nSPS) is 11.3. The molecule has 12 heteroatoms. The van der Waals surface area contributed by atoms with E-state index in [4.69, 9.17) is 28.4 Å². The van der Waals surface area contributed by atoms with Crippen molar-refractivity contribution in [2.45, 2.75) is 6.92 Å². The van der Waals surface area contributed by atoms with Crippen LogP contribution in [-0.2, 0) is 19.2 Å². The van der Waals surface area contributed by atoms with Gasteiger partial charge in [0.15, 0.2) is 0 Å². The van der Waals surface area contributed by atoms with Gasteiger partial charge in [-0.15, -0.1) is 0 Å². The zero-order valence-electron chi connectivity index (χ0n) is 58.9. The van der Waals surface area contributed by atoms with Crippen molar-refractivity contribution in [3.63, 3.8) is 0 Å². The molecule has 14 rings (SSSR count). The first-order chi connectivity index (χ1) is 53.2. The number of fused-ring (bicyclic) bond motifs is 4. The van der Waals surface area contributed by atoms with E-state index in [-0.39, 0.29) is 22.6 Å². The molecule has 0 N–H and O–H groups in total. The van der Waals surface area contributed by atoms with Crippen LogP contribution in [0.25, 0.3) is 125 Å². The fourth-order valence-corrected chi connectivity index (χ4v) is 13.0. The summed E-state index contributed by atoms with van der Waals surface area (Å²) in [4.78, 5) is 75.3. The molecule has 0 saturated heterocycles. The van der Waals surface area contributed by atoms with Gasteiger partial charge in [0.25, 0.3) is 0 Å². The third-order valence-electron chi connectivity index (χ3n) is 18.2. The lowest BCUT2D eigenvalue weighted by molar-refractivity contribution is -0.132. The summed E-state index contributed by atoms with van der Waals surface area (Å²) in [5, 5.41) is 8.06. The van der Waals surface area contributed by atoms with Gasteiger partial charge in [-0.2, -0.15) is 0 Å². The van der Waals surface area contributed by atoms with E-state index in [0.717, 1.165) is 134 Å². The van der Waals surface area contributed by atoms with Crippen molar-refractivity contribution >= 4 is 128 Å². The van der Waals surface area contributed by atoms with Gasteiger partial charge in [0, 0.05) is 30.7 Å². The van der Waals surface area contributed by atoms with Crippen LogP contribution in [0.2, 0.25) is 0 Å². The number of carbonyl (C=O) groups excluding carboxylic acids is 6. The number of carbonyl (C=O) groups is 6. The molecule has 0 aliphatic carbocycles. The van der Waals surface area contributed by atoms with Gasteiger partial charge < -0.3 is 28.4 Å². The Hall–Kier alpha value is -14.9. The maximum absolute atomic E-state index is 14.4. The molecule has 109 heavy (non-hydrogen) atoms. The van der Waals surface area contributed by atoms with Gasteiger partial charge in [-0.1, -0.05) is 244 Å². The molecule has 0 bridgehead atoms. The van der Waals surface area contributed by atoms with E-state index in [1.165, 1.54) is 55.5 Å². The Morgan fingerprint density at radius 3 is 0.982 bits per heavy atom. The van der Waals surface area contributed by atoms with Gasteiger partial charge >= 0.3 is 35.8 Å². The van der Waals surface area contributed by atoms with Crippen LogP contribution in [0.5, 0.6) is 34.5 Å². The van der Waals surface area contributed by atoms with Crippen LogP contribution >= 0.6 is 0 Å². The summed E-state index contributed by atoms with van der Waals surface area (Å²) in [6.45, 7) is 11.8. The van der Waals surface area contributed by atoms with Crippen LogP contribution in [0.1, 0.15) is 72.1 Å². The van der Waals surface area contributed by atoms with Crippen molar-refractivity contribution in [1.82, 2.24) is 0 Å². The molecule has 0 fully saturated rings. The fraction of sp³-hybridized carbons (Fsp3) is 0.0103. The molecular weight excluding hydrogens is 1360 g/mol. The molecule has 12 nitrogen and oxygen atoms in total. The second-order valence-corrected chi connectivity index (χ2v) is 25.3. The molecule has 526 valence electrons. The van der Waals surface area contributed by atoms with Crippen molar-refractivity contribution in [2.24, 2.45) is 0 Å². The molecule has 0 aromatic heterocycles. The Morgan fingerprint density at radius 1 is 0.275 bits per heavy atom. The molecule has 0 heterocycles. The first-order valence-corrected chi connectivity index (χ1v) is 34.9. The summed E-state index contributed by atoms with van der Waals surface area (Å²) >= 11 is 0. The summed E-state index contributed by atoms with van der Waals surface area (Å²) in [7, 11) is 0. The predicted octanol–water partition coefficient (Wildman–Crippen LogP) is 22.6. The standard InChI is InChI=1S/C97H66O12/c1-5-89(99)105-79-50-26-64(27-51-79)20-32-71-39-36-69-16-10-13-19-85(69)94(71)95-72(33-22-63-24-48-78(49-25-63)104-62(4)98)41-42-76-61-77(47-58-86(76)95)87-60-66(30-59-88(87)109-97(103)75-45-56-81(57-46-75)107-91(101)7-3)23-34-73-40-37-68-15-9-12-18-84(68)93(73)92-70(38-35-67-14-8-11-17-83(67)92)31-21-65-28-52-82(53-29-65)108-96(102)74-43-54-80(55-44-74)106-90(100)6-2/h5-61H,1-3H2,4H3/b31-21-,32-20-,33-22-,34-23-. The SMILES string of the molecule is C=CC(=O)Oc1ccc(/C=C\c2ccc3ccccc3c2-c2c(/C=C\c3ccc(OC(C)=O)cc3)ccc3cc(-c4cc(/C=C\c5ccc6ccccc6c5-c5c(/C=C\c6ccc(OC(=O)c7ccc(OC(=O)C=C)cc7)cc6)ccc6ccccc56)ccc4OC(=O)c4ccc(OC(=O)C=C)cc4)ccc23)cc1. The van der Waals surface area contributed by atoms with Gasteiger partial charge in [0.2, 0.25) is 0 Å². The van der Waals surface area contributed by atoms with E-state index in [1.807, 2.05) is 103 Å². The van der Waals surface area contributed by atoms with Crippen molar-refractivity contribution in [3.8, 4) is 67.9 Å². The molecule has 0 aliphatic heterocycles. The van der Waals surface area contributed by atoms with Crippen LogP contribution in [0.3, 0.4) is 0 Å². The highest BCUT2D eigenvalue weighted by molar-refractivity contribution is 6.14. The van der Waals surface area contributed by atoms with Gasteiger partial charge in [0.05, 0.1) is 11.1 Å². The number of esters is 6. The highest BCUT2D eigenvalue weighted by atomic mass is 16.6. The lowest BCUT2D eigenvalue weighted by atomic mass is 9.85. The van der Waals surface area contributed by atoms with E-state index in [9.17, 15) is 28.8 Å². The van der Waals surface area contributed by atoms with Crippen molar-refractivity contribution < 1.29 is 57.2 Å². The maximum atomic E-state index is 14.4. The zero-order chi connectivity index (χ0) is 75.3. The van der Waals surface area contributed by atoms with Gasteiger partial charge in [-0.25, -0.2) is 24.0 Å². The zero-order valence-corrected chi connectivity index (χ0v) is 58.9. The lowest BCUT2D eigenvalue weighted by Crippen LogP contribution is -2.09. The summed E-state index contributed by atoms with van der Waals surface area (Å²) in [5.41, 5.74) is 13.0. The third kappa shape index (κ3) is 16.6. The molecular formula is C97H66O12. The number of ether oxygens (including phenoxy) is 6. The smallest absolute Gasteiger partial charge is 0.343 e. The minimum Gasteiger partial charge on any atom is -0.427 e. The number of hydrogen-bond donors (Lipinski definition) is 0. The van der Waals surface area contributed by atoms with E-state index in [1.54, 1.807) is 36.4 Å². The summed E-state index contributed by atoms with van der Waals surface area (Å²) < 4.78 is 33.4. The number of rotatable bonds is 22. The minimum absolute atomic E-state index is 0.225. The fourth-order valence-electron chi connectivity index (χ4n) is 13.0. The van der Waals surface area contributed by atoms with Crippen molar-refractivity contribution in [3.05, 3.63) is 373 Å². The van der Waals surface area contributed by atoms with Gasteiger partial charge in [-0.3, -0.25) is 4.79 Å². The van der Waals surface area contributed by atoms with Crippen molar-refractivity contribution in [2.75, 3.05) is 0 Å². The van der Waals surface area contributed by atoms with Crippen LogP contribution < -0.4 is 28.4 Å². The molecule has 0 radical (unpaired) electrons. The summed E-state index contributed by atoms with van der Waals surface area (Å²) in [6, 6.07) is 88.0. The summed E-state index contributed by atoms with van der Waals surface area (Å²) in [5.74, 6) is -1.42. The Kier molecular flexibility index (Phi) is 21.2. The Labute approximate surface area is 628 Å². The average molecular weight is 1420 g/mol. The molecule has 0 amide bonds. The number of benzene rings is 14. The Balaban J connectivity index is 0.866. The van der Waals surface area contributed by atoms with Crippen molar-refractivity contribution in [1.29, 1.82) is 0 Å². The molecule has 14 aromatic carbocycles. The predicted molar refractivity (Wildman–Crippen MR) is 436 cm³/mol. The largest absolute Gasteiger partial charge is 0.427 e. The highest BCUT2D eigenvalue weighted by Gasteiger charge is 2.21. The first kappa shape index (κ1) is 71.1. The Bertz CT molecular complexity index is 6080. The third-order valence-corrected chi connectivity index (χ3v) is 18.2. The van der Waals surface area contributed by atoms with E-state index < -0.39 is 35.8 Å². The maximum Gasteiger partial charge on any atom is 0.343 e. The van der Waals surface area contributed by atoms with Crippen LogP contribution in [-0.4, -0.2) is 35.8 Å². The molecule has 0 unspecified atom stereocenters. The van der Waals surface area contributed by atoms with E-state index >= 15 is 0 Å².